The predicted octanol–water partition coefficient (Wildman–Crippen LogP) is -2.43. The molecule has 0 bridgehead atoms. The molecule has 0 aromatic carbocycles. The zero-order chi connectivity index (χ0) is 12.8. The largest absolute Gasteiger partial charge is 0.550 e. The van der Waals surface area contributed by atoms with E-state index in [1.54, 1.807) is 0 Å². The van der Waals surface area contributed by atoms with Crippen LogP contribution in [-0.2, 0) is 14.4 Å². The summed E-state index contributed by atoms with van der Waals surface area (Å²) in [5.74, 6) is -3.83. The number of aliphatic carboxylic acids is 1. The first kappa shape index (κ1) is 12.8. The van der Waals surface area contributed by atoms with Gasteiger partial charge in [0.2, 0.25) is 11.8 Å². The molecule has 0 radical (unpaired) electrons. The number of hydrogen-bond acceptors (Lipinski definition) is 6. The lowest BCUT2D eigenvalue weighted by Crippen LogP contribution is -2.56. The van der Waals surface area contributed by atoms with Crippen LogP contribution in [-0.4, -0.2) is 36.6 Å². The summed E-state index contributed by atoms with van der Waals surface area (Å²) in [6.07, 6.45) is 1.21. The molecule has 0 aromatic rings. The van der Waals surface area contributed by atoms with Crippen LogP contribution in [0, 0.1) is 5.92 Å². The first-order valence-corrected chi connectivity index (χ1v) is 4.86. The molecule has 1 saturated heterocycles. The highest BCUT2D eigenvalue weighted by molar-refractivity contribution is 6.23. The lowest BCUT2D eigenvalue weighted by Gasteiger charge is -2.16. The Bertz CT molecular complexity index is 370. The molecule has 1 heterocycles. The molecule has 1 aliphatic heterocycles. The summed E-state index contributed by atoms with van der Waals surface area (Å²) in [6, 6.07) is -0.860. The van der Waals surface area contributed by atoms with Gasteiger partial charge in [0.15, 0.2) is 5.92 Å². The van der Waals surface area contributed by atoms with E-state index in [-0.39, 0.29) is 19.4 Å². The highest BCUT2D eigenvalue weighted by Gasteiger charge is 2.32. The van der Waals surface area contributed by atoms with Crippen molar-refractivity contribution in [3.63, 3.8) is 0 Å². The van der Waals surface area contributed by atoms with Crippen LogP contribution in [0.3, 0.4) is 0 Å². The van der Waals surface area contributed by atoms with Crippen LogP contribution in [0.2, 0.25) is 0 Å². The van der Waals surface area contributed by atoms with E-state index in [0.29, 0.717) is 0 Å². The van der Waals surface area contributed by atoms with Gasteiger partial charge in [-0.15, -0.1) is 0 Å². The molecule has 0 aromatic heterocycles. The highest BCUT2D eigenvalue weighted by Crippen LogP contribution is 1.99. The van der Waals surface area contributed by atoms with Crippen molar-refractivity contribution in [3.8, 4) is 0 Å². The average Bonchev–Trinajstić information content (AvgIpc) is 2.20. The van der Waals surface area contributed by atoms with Crippen LogP contribution in [0.4, 0.5) is 4.79 Å². The van der Waals surface area contributed by atoms with Crippen molar-refractivity contribution in [3.05, 3.63) is 0 Å². The molecule has 8 heteroatoms. The van der Waals surface area contributed by atoms with Crippen LogP contribution in [0.5, 0.6) is 0 Å². The van der Waals surface area contributed by atoms with Crippen molar-refractivity contribution in [1.29, 1.82) is 0 Å². The monoisotopic (exact) mass is 240 g/mol. The Morgan fingerprint density at radius 3 is 2.41 bits per heavy atom. The number of carbonyl (C=O) groups is 4. The first-order valence-electron chi connectivity index (χ1n) is 4.86. The second-order valence-electron chi connectivity index (χ2n) is 3.32. The second kappa shape index (κ2) is 5.73. The van der Waals surface area contributed by atoms with Gasteiger partial charge in [0.1, 0.15) is 0 Å². The van der Waals surface area contributed by atoms with Gasteiger partial charge in [-0.2, -0.15) is 0 Å². The number of nitrogens with one attached hydrogen (secondary N) is 2. The lowest BCUT2D eigenvalue weighted by molar-refractivity contribution is -0.305. The topological polar surface area (TPSA) is 128 Å². The highest BCUT2D eigenvalue weighted by atomic mass is 16.4. The van der Waals surface area contributed by atoms with E-state index < -0.39 is 29.7 Å². The second-order valence-corrected chi connectivity index (χ2v) is 3.32. The fourth-order valence-electron chi connectivity index (χ4n) is 1.16. The predicted molar refractivity (Wildman–Crippen MR) is 52.8 cm³/mol. The number of barbiturate groups is 1. The van der Waals surface area contributed by atoms with Gasteiger partial charge in [0.05, 0.1) is 0 Å². The van der Waals surface area contributed by atoms with Gasteiger partial charge < -0.3 is 9.90 Å². The minimum Gasteiger partial charge on any atom is -0.550 e. The van der Waals surface area contributed by atoms with E-state index >= 15 is 0 Å². The van der Waals surface area contributed by atoms with Crippen molar-refractivity contribution >= 4 is 30.0 Å². The van der Waals surface area contributed by atoms with Crippen molar-refractivity contribution < 1.29 is 24.3 Å². The SMILES string of the molecule is O=C([O-])CCCN=CC1C(=O)NC(=O)NC1=O. The molecule has 0 saturated carbocycles. The Morgan fingerprint density at radius 2 is 1.88 bits per heavy atom. The van der Waals surface area contributed by atoms with Crippen LogP contribution in [0.1, 0.15) is 12.8 Å². The van der Waals surface area contributed by atoms with Crippen LogP contribution < -0.4 is 15.7 Å². The number of nitrogens with zero attached hydrogens (tertiary/aromatic N) is 1. The molecular weight excluding hydrogens is 230 g/mol. The number of urea groups is 1. The van der Waals surface area contributed by atoms with E-state index in [0.717, 1.165) is 6.21 Å². The summed E-state index contributed by atoms with van der Waals surface area (Å²) >= 11 is 0. The number of rotatable bonds is 5. The number of imide groups is 2. The maximum absolute atomic E-state index is 11.2. The Balaban J connectivity index is 2.42. The fraction of sp³-hybridized carbons (Fsp3) is 0.444. The number of amides is 4. The van der Waals surface area contributed by atoms with Crippen molar-refractivity contribution in [2.24, 2.45) is 10.9 Å². The third kappa shape index (κ3) is 4.01. The van der Waals surface area contributed by atoms with Crippen LogP contribution in [0.15, 0.2) is 4.99 Å². The standard InChI is InChI=1S/C9H11N3O5/c13-6(14)2-1-3-10-4-5-7(15)11-9(17)12-8(5)16/h4-5H,1-3H2,(H,13,14)(H2,11,12,15,16,17)/p-1. The Labute approximate surface area is 96.1 Å². The van der Waals surface area contributed by atoms with Gasteiger partial charge in [0.25, 0.3) is 0 Å². The molecule has 8 nitrogen and oxygen atoms in total. The van der Waals surface area contributed by atoms with E-state index in [9.17, 15) is 24.3 Å². The average molecular weight is 240 g/mol. The van der Waals surface area contributed by atoms with E-state index in [2.05, 4.69) is 4.99 Å². The number of aliphatic imine (C=N–C) groups is 1. The summed E-state index contributed by atoms with van der Waals surface area (Å²) in [5.41, 5.74) is 0. The first-order chi connectivity index (χ1) is 8.00. The number of carbonyl (C=O) groups excluding carboxylic acids is 4. The minimum absolute atomic E-state index is 0.140. The minimum atomic E-state index is -1.18. The molecule has 0 aliphatic carbocycles. The zero-order valence-electron chi connectivity index (χ0n) is 8.76. The Kier molecular flexibility index (Phi) is 4.32. The molecule has 92 valence electrons. The maximum atomic E-state index is 11.2. The maximum Gasteiger partial charge on any atom is 0.328 e. The van der Waals surface area contributed by atoms with Crippen molar-refractivity contribution in [2.75, 3.05) is 6.54 Å². The van der Waals surface area contributed by atoms with E-state index in [1.165, 1.54) is 0 Å². The molecule has 2 N–H and O–H groups in total. The summed E-state index contributed by atoms with van der Waals surface area (Å²) in [5, 5.41) is 13.9. The van der Waals surface area contributed by atoms with Gasteiger partial charge in [-0.1, -0.05) is 0 Å². The summed E-state index contributed by atoms with van der Waals surface area (Å²) in [6.45, 7) is 0.166. The number of carboxylic acid groups (broad SMARTS) is 1. The molecule has 1 rings (SSSR count). The molecule has 0 unspecified atom stereocenters. The molecular formula is C9H10N3O5-. The van der Waals surface area contributed by atoms with Gasteiger partial charge in [-0.25, -0.2) is 4.79 Å². The fourth-order valence-corrected chi connectivity index (χ4v) is 1.16. The van der Waals surface area contributed by atoms with Gasteiger partial charge in [0, 0.05) is 18.7 Å². The third-order valence-corrected chi connectivity index (χ3v) is 1.96. The normalized spacial score (nSPS) is 17.1. The molecule has 1 fully saturated rings. The quantitative estimate of drug-likeness (QED) is 0.313. The molecule has 0 atom stereocenters. The Hall–Kier alpha value is -2.25. The zero-order valence-corrected chi connectivity index (χ0v) is 8.76. The third-order valence-electron chi connectivity index (χ3n) is 1.96. The molecule has 17 heavy (non-hydrogen) atoms. The van der Waals surface area contributed by atoms with E-state index in [1.807, 2.05) is 10.6 Å². The van der Waals surface area contributed by atoms with Crippen molar-refractivity contribution in [1.82, 2.24) is 10.6 Å². The molecule has 1 aliphatic rings. The smallest absolute Gasteiger partial charge is 0.328 e. The molecule has 4 amide bonds. The van der Waals surface area contributed by atoms with Gasteiger partial charge >= 0.3 is 6.03 Å². The number of carboxylic acids is 1. The summed E-state index contributed by atoms with van der Waals surface area (Å²) in [4.78, 5) is 46.9. The van der Waals surface area contributed by atoms with Crippen LogP contribution in [0.25, 0.3) is 0 Å². The Morgan fingerprint density at radius 1 is 1.29 bits per heavy atom. The number of hydrogen-bond donors (Lipinski definition) is 2. The summed E-state index contributed by atoms with van der Waals surface area (Å²) in [7, 11) is 0. The molecule has 0 spiro atoms. The van der Waals surface area contributed by atoms with E-state index in [4.69, 9.17) is 0 Å². The van der Waals surface area contributed by atoms with Gasteiger partial charge in [-0.05, 0) is 12.8 Å². The van der Waals surface area contributed by atoms with Crippen LogP contribution >= 0.6 is 0 Å². The van der Waals surface area contributed by atoms with Gasteiger partial charge in [-0.3, -0.25) is 25.2 Å². The summed E-state index contributed by atoms with van der Waals surface area (Å²) < 4.78 is 0. The van der Waals surface area contributed by atoms with Crippen molar-refractivity contribution in [2.45, 2.75) is 12.8 Å². The lowest BCUT2D eigenvalue weighted by atomic mass is 10.1.